The maximum absolute atomic E-state index is 11.3. The van der Waals surface area contributed by atoms with Crippen LogP contribution in [-0.4, -0.2) is 30.0 Å². The second-order valence-corrected chi connectivity index (χ2v) is 4.01. The molecule has 15 heavy (non-hydrogen) atoms. The summed E-state index contributed by atoms with van der Waals surface area (Å²) in [5.41, 5.74) is -0.462. The fraction of sp³-hybridized carbons (Fsp3) is 0.727. The largest absolute Gasteiger partial charge is 0.445 e. The molecule has 0 aromatic rings. The molecule has 1 amide bonds. The molecule has 0 aliphatic heterocycles. The van der Waals surface area contributed by atoms with E-state index in [1.807, 2.05) is 0 Å². The maximum Gasteiger partial charge on any atom is 0.407 e. The van der Waals surface area contributed by atoms with E-state index in [4.69, 9.17) is 4.74 Å². The lowest BCUT2D eigenvalue weighted by Gasteiger charge is -2.35. The number of ether oxygens (including phenoxy) is 1. The van der Waals surface area contributed by atoms with Gasteiger partial charge in [0.2, 0.25) is 0 Å². The Bertz CT molecular complexity index is 222. The topological polar surface area (TPSA) is 58.6 Å². The molecule has 0 heterocycles. The number of hydrogen-bond acceptors (Lipinski definition) is 3. The highest BCUT2D eigenvalue weighted by molar-refractivity contribution is 5.68. The van der Waals surface area contributed by atoms with E-state index >= 15 is 0 Å². The number of aliphatic hydroxyl groups excluding tert-OH is 1. The molecule has 4 nitrogen and oxygen atoms in total. The van der Waals surface area contributed by atoms with Gasteiger partial charge in [-0.1, -0.05) is 31.9 Å². The Morgan fingerprint density at radius 3 is 2.67 bits per heavy atom. The molecule has 0 spiro atoms. The fourth-order valence-corrected chi connectivity index (χ4v) is 1.94. The first-order chi connectivity index (χ1) is 7.22. The predicted molar refractivity (Wildman–Crippen MR) is 57.6 cm³/mol. The van der Waals surface area contributed by atoms with Gasteiger partial charge in [-0.15, -0.1) is 0 Å². The number of carbonyl (C=O) groups is 1. The Kier molecular flexibility index (Phi) is 4.62. The zero-order valence-electron chi connectivity index (χ0n) is 9.00. The summed E-state index contributed by atoms with van der Waals surface area (Å²) in [5.74, 6) is 0. The summed E-state index contributed by atoms with van der Waals surface area (Å²) >= 11 is 0. The molecule has 2 N–H and O–H groups in total. The average molecular weight is 213 g/mol. The van der Waals surface area contributed by atoms with Crippen molar-refractivity contribution in [2.45, 2.75) is 37.6 Å². The number of carbonyl (C=O) groups excluding carboxylic acids is 1. The highest BCUT2D eigenvalue weighted by atomic mass is 16.5. The van der Waals surface area contributed by atoms with Crippen LogP contribution in [0.2, 0.25) is 0 Å². The van der Waals surface area contributed by atoms with Crippen LogP contribution in [-0.2, 0) is 4.74 Å². The number of amides is 1. The van der Waals surface area contributed by atoms with Crippen LogP contribution < -0.4 is 5.32 Å². The van der Waals surface area contributed by atoms with E-state index in [0.29, 0.717) is 0 Å². The van der Waals surface area contributed by atoms with Gasteiger partial charge in [0, 0.05) is 0 Å². The van der Waals surface area contributed by atoms with Gasteiger partial charge >= 0.3 is 6.09 Å². The molecule has 0 unspecified atom stereocenters. The van der Waals surface area contributed by atoms with Crippen molar-refractivity contribution in [3.63, 3.8) is 0 Å². The Balaban J connectivity index is 2.43. The Morgan fingerprint density at radius 1 is 1.47 bits per heavy atom. The molecule has 1 aliphatic carbocycles. The molecule has 0 saturated heterocycles. The molecule has 0 aromatic carbocycles. The fourth-order valence-electron chi connectivity index (χ4n) is 1.94. The van der Waals surface area contributed by atoms with Crippen molar-refractivity contribution in [3.05, 3.63) is 12.7 Å². The summed E-state index contributed by atoms with van der Waals surface area (Å²) in [6.07, 6.45) is 5.96. The first kappa shape index (κ1) is 12.0. The van der Waals surface area contributed by atoms with Crippen molar-refractivity contribution in [2.75, 3.05) is 13.2 Å². The van der Waals surface area contributed by atoms with E-state index in [1.54, 1.807) is 0 Å². The van der Waals surface area contributed by atoms with Crippen LogP contribution in [0.4, 0.5) is 4.79 Å². The Hall–Kier alpha value is -1.03. The lowest BCUT2D eigenvalue weighted by molar-refractivity contribution is 0.0972. The number of rotatable bonds is 4. The van der Waals surface area contributed by atoms with Gasteiger partial charge in [-0.05, 0) is 12.8 Å². The van der Waals surface area contributed by atoms with Gasteiger partial charge in [-0.25, -0.2) is 4.79 Å². The van der Waals surface area contributed by atoms with E-state index in [1.165, 1.54) is 12.5 Å². The smallest absolute Gasteiger partial charge is 0.407 e. The molecule has 0 radical (unpaired) electrons. The van der Waals surface area contributed by atoms with Gasteiger partial charge in [0.15, 0.2) is 0 Å². The lowest BCUT2D eigenvalue weighted by Crippen LogP contribution is -2.52. The first-order valence-electron chi connectivity index (χ1n) is 5.39. The van der Waals surface area contributed by atoms with Gasteiger partial charge in [-0.3, -0.25) is 0 Å². The van der Waals surface area contributed by atoms with Gasteiger partial charge in [0.25, 0.3) is 0 Å². The third-order valence-corrected chi connectivity index (χ3v) is 2.81. The minimum absolute atomic E-state index is 0.0177. The summed E-state index contributed by atoms with van der Waals surface area (Å²) in [6.45, 7) is 3.65. The number of nitrogens with one attached hydrogen (secondary N) is 1. The monoisotopic (exact) mass is 213 g/mol. The van der Waals surface area contributed by atoms with E-state index in [9.17, 15) is 9.90 Å². The Morgan fingerprint density at radius 2 is 2.13 bits per heavy atom. The molecule has 0 aromatic heterocycles. The molecular weight excluding hydrogens is 194 g/mol. The summed E-state index contributed by atoms with van der Waals surface area (Å²) in [6, 6.07) is 0. The Labute approximate surface area is 90.3 Å². The second kappa shape index (κ2) is 5.75. The minimum Gasteiger partial charge on any atom is -0.445 e. The molecule has 1 saturated carbocycles. The molecule has 4 heteroatoms. The van der Waals surface area contributed by atoms with Crippen LogP contribution in [0, 0.1) is 0 Å². The van der Waals surface area contributed by atoms with Crippen molar-refractivity contribution in [2.24, 2.45) is 0 Å². The number of aliphatic hydroxyl groups is 1. The summed E-state index contributed by atoms with van der Waals surface area (Å²) in [7, 11) is 0. The van der Waals surface area contributed by atoms with Crippen molar-refractivity contribution >= 4 is 6.09 Å². The van der Waals surface area contributed by atoms with Gasteiger partial charge in [0.1, 0.15) is 6.61 Å². The second-order valence-electron chi connectivity index (χ2n) is 4.01. The van der Waals surface area contributed by atoms with E-state index in [2.05, 4.69) is 11.9 Å². The van der Waals surface area contributed by atoms with Crippen LogP contribution in [0.5, 0.6) is 0 Å². The maximum atomic E-state index is 11.3. The van der Waals surface area contributed by atoms with Crippen LogP contribution in [0.3, 0.4) is 0 Å². The number of alkyl carbamates (subject to hydrolysis) is 1. The van der Waals surface area contributed by atoms with Crippen LogP contribution in [0.1, 0.15) is 32.1 Å². The summed E-state index contributed by atoms with van der Waals surface area (Å²) in [4.78, 5) is 11.3. The highest BCUT2D eigenvalue weighted by Crippen LogP contribution is 2.27. The highest BCUT2D eigenvalue weighted by Gasteiger charge is 2.33. The zero-order valence-corrected chi connectivity index (χ0v) is 9.00. The van der Waals surface area contributed by atoms with Gasteiger partial charge in [-0.2, -0.15) is 0 Å². The third-order valence-electron chi connectivity index (χ3n) is 2.81. The van der Waals surface area contributed by atoms with Crippen LogP contribution in [0.25, 0.3) is 0 Å². The molecule has 1 rings (SSSR count). The van der Waals surface area contributed by atoms with Crippen LogP contribution >= 0.6 is 0 Å². The standard InChI is InChI=1S/C11H19NO3/c1-2-8-15-10(14)12-11(9-13)6-4-3-5-7-11/h2,13H,1,3-9H2,(H,12,14). The number of hydrogen-bond donors (Lipinski definition) is 2. The zero-order chi connectivity index (χ0) is 11.1. The normalized spacial score (nSPS) is 19.3. The minimum atomic E-state index is -0.467. The van der Waals surface area contributed by atoms with Crippen molar-refractivity contribution in [1.29, 1.82) is 0 Å². The average Bonchev–Trinajstić information content (AvgIpc) is 2.27. The molecule has 1 aliphatic rings. The van der Waals surface area contributed by atoms with Crippen molar-refractivity contribution in [1.82, 2.24) is 5.32 Å². The van der Waals surface area contributed by atoms with E-state index in [-0.39, 0.29) is 13.2 Å². The van der Waals surface area contributed by atoms with Gasteiger partial charge < -0.3 is 15.2 Å². The van der Waals surface area contributed by atoms with Gasteiger partial charge in [0.05, 0.1) is 12.1 Å². The molecular formula is C11H19NO3. The SMILES string of the molecule is C=CCOC(=O)NC1(CO)CCCCC1. The molecule has 1 fully saturated rings. The summed E-state index contributed by atoms with van der Waals surface area (Å²) in [5, 5.41) is 12.1. The molecule has 0 bridgehead atoms. The molecule has 86 valence electrons. The van der Waals surface area contributed by atoms with E-state index in [0.717, 1.165) is 25.7 Å². The third kappa shape index (κ3) is 3.55. The van der Waals surface area contributed by atoms with Crippen molar-refractivity contribution in [3.8, 4) is 0 Å². The predicted octanol–water partition coefficient (Wildman–Crippen LogP) is 1.59. The molecule has 0 atom stereocenters. The van der Waals surface area contributed by atoms with E-state index < -0.39 is 11.6 Å². The van der Waals surface area contributed by atoms with Crippen molar-refractivity contribution < 1.29 is 14.6 Å². The van der Waals surface area contributed by atoms with Crippen LogP contribution in [0.15, 0.2) is 12.7 Å². The quantitative estimate of drug-likeness (QED) is 0.697. The lowest BCUT2D eigenvalue weighted by atomic mass is 9.82. The first-order valence-corrected chi connectivity index (χ1v) is 5.39. The summed E-state index contributed by atoms with van der Waals surface area (Å²) < 4.78 is 4.84.